The highest BCUT2D eigenvalue weighted by atomic mass is 15.1. The molecule has 13 aromatic rings. The quantitative estimate of drug-likeness (QED) is 0.133. The molecule has 0 saturated heterocycles. The predicted octanol–water partition coefficient (Wildman–Crippen LogP) is 20.6. The Hall–Kier alpha value is -9.76. The van der Waals surface area contributed by atoms with Crippen molar-refractivity contribution in [2.24, 2.45) is 0 Å². The first-order chi connectivity index (χ1) is 38.0. The Bertz CT molecular complexity index is 4190. The van der Waals surface area contributed by atoms with Gasteiger partial charge in [-0.15, -0.1) is 0 Å². The van der Waals surface area contributed by atoms with Crippen molar-refractivity contribution < 1.29 is 0 Å². The maximum absolute atomic E-state index is 2.52. The Labute approximate surface area is 451 Å². The summed E-state index contributed by atoms with van der Waals surface area (Å²) in [6, 6.07) is 107. The van der Waals surface area contributed by atoms with Gasteiger partial charge in [-0.3, -0.25) is 0 Å². The van der Waals surface area contributed by atoms with Crippen LogP contribution in [0.25, 0.3) is 105 Å². The van der Waals surface area contributed by atoms with Crippen molar-refractivity contribution in [3.63, 3.8) is 0 Å². The Morgan fingerprint density at radius 2 is 0.675 bits per heavy atom. The van der Waals surface area contributed by atoms with Gasteiger partial charge in [0, 0.05) is 44.5 Å². The molecule has 1 aromatic heterocycles. The second kappa shape index (κ2) is 18.9. The van der Waals surface area contributed by atoms with Gasteiger partial charge in [0.25, 0.3) is 0 Å². The lowest BCUT2D eigenvalue weighted by molar-refractivity contribution is 0.660. The third-order valence-corrected chi connectivity index (χ3v) is 16.0. The van der Waals surface area contributed by atoms with Crippen molar-refractivity contribution in [1.82, 2.24) is 4.57 Å². The zero-order valence-corrected chi connectivity index (χ0v) is 43.1. The molecule has 12 aromatic carbocycles. The van der Waals surface area contributed by atoms with Gasteiger partial charge >= 0.3 is 0 Å². The summed E-state index contributed by atoms with van der Waals surface area (Å²) in [6.45, 7) is 4.81. The number of hydrogen-bond donors (Lipinski definition) is 0. The summed E-state index contributed by atoms with van der Waals surface area (Å²) in [5.41, 5.74) is 25.0. The van der Waals surface area contributed by atoms with Crippen LogP contribution in [-0.2, 0) is 5.41 Å². The molecular formula is C75H54N2. The highest BCUT2D eigenvalue weighted by molar-refractivity contribution is 6.20. The van der Waals surface area contributed by atoms with Gasteiger partial charge < -0.3 is 9.47 Å². The molecule has 1 aliphatic carbocycles. The lowest BCUT2D eigenvalue weighted by atomic mass is 9.81. The Morgan fingerprint density at radius 1 is 0.286 bits per heavy atom. The van der Waals surface area contributed by atoms with E-state index in [0.29, 0.717) is 0 Å². The number of benzene rings is 12. The summed E-state index contributed by atoms with van der Waals surface area (Å²) in [7, 11) is 0. The van der Waals surface area contributed by atoms with Crippen LogP contribution in [0, 0.1) is 0 Å². The maximum atomic E-state index is 2.52. The van der Waals surface area contributed by atoms with Crippen LogP contribution < -0.4 is 4.90 Å². The summed E-state index contributed by atoms with van der Waals surface area (Å²) < 4.78 is 2.52. The predicted molar refractivity (Wildman–Crippen MR) is 326 cm³/mol. The highest BCUT2D eigenvalue weighted by Crippen LogP contribution is 2.53. The minimum atomic E-state index is -0.290. The molecule has 2 nitrogen and oxygen atoms in total. The highest BCUT2D eigenvalue weighted by Gasteiger charge is 2.37. The molecule has 1 heterocycles. The summed E-state index contributed by atoms with van der Waals surface area (Å²) >= 11 is 0. The molecule has 0 amide bonds. The molecule has 0 N–H and O–H groups in total. The molecule has 77 heavy (non-hydrogen) atoms. The number of hydrogen-bond acceptors (Lipinski definition) is 1. The van der Waals surface area contributed by atoms with Crippen molar-refractivity contribution in [3.05, 3.63) is 302 Å². The first-order valence-electron chi connectivity index (χ1n) is 26.7. The second-order valence-electron chi connectivity index (χ2n) is 20.8. The maximum Gasteiger partial charge on any atom is 0.0620 e. The molecule has 2 heteroatoms. The Balaban J connectivity index is 0.914. The lowest BCUT2D eigenvalue weighted by Crippen LogP contribution is -2.16. The van der Waals surface area contributed by atoms with Gasteiger partial charge in [-0.1, -0.05) is 244 Å². The van der Waals surface area contributed by atoms with Crippen molar-refractivity contribution in [3.8, 4) is 83.7 Å². The second-order valence-corrected chi connectivity index (χ2v) is 20.8. The third kappa shape index (κ3) is 7.97. The van der Waals surface area contributed by atoms with Crippen LogP contribution in [0.15, 0.2) is 291 Å². The van der Waals surface area contributed by atoms with Gasteiger partial charge in [-0.05, 0) is 144 Å². The molecule has 1 aliphatic rings. The molecule has 364 valence electrons. The van der Waals surface area contributed by atoms with E-state index in [0.717, 1.165) is 22.7 Å². The van der Waals surface area contributed by atoms with E-state index >= 15 is 0 Å². The molecule has 0 spiro atoms. The minimum absolute atomic E-state index is 0.290. The standard InChI is InChI=1S/C75H54N2/c1-75(2)70-48-59(38-46-65(70)66-47-45-63(49-71(66)75)76(60-39-32-54(33-40-60)51-20-8-3-9-21-51)61-41-34-55(35-42-61)52-22-10-4-11-23-52)68-50-69-72(57-26-14-6-15-27-57)73(58-28-16-7-17-29-58)77(74(69)67-31-19-18-30-64(67)68)62-43-36-56(37-44-62)53-24-12-5-13-25-53/h3-50H,1-2H3. The zero-order chi connectivity index (χ0) is 51.5. The SMILES string of the molecule is CC1(C)c2cc(-c3cc4c(-c5ccccc5)c(-c5ccccc5)n(-c5ccc(-c6ccccc6)cc5)c4c4ccccc34)ccc2-c2ccc(N(c3ccc(-c4ccccc4)cc3)c3ccc(-c4ccccc4)cc3)cc21. The molecule has 0 radical (unpaired) electrons. The van der Waals surface area contributed by atoms with Crippen molar-refractivity contribution in [2.45, 2.75) is 19.3 Å². The van der Waals surface area contributed by atoms with Crippen LogP contribution in [-0.4, -0.2) is 4.57 Å². The first-order valence-corrected chi connectivity index (χ1v) is 26.7. The summed E-state index contributed by atoms with van der Waals surface area (Å²) in [6.07, 6.45) is 0. The van der Waals surface area contributed by atoms with Crippen LogP contribution in [0.2, 0.25) is 0 Å². The van der Waals surface area contributed by atoms with Crippen LogP contribution in [0.5, 0.6) is 0 Å². The Kier molecular flexibility index (Phi) is 11.2. The molecule has 0 fully saturated rings. The number of nitrogens with zero attached hydrogens (tertiary/aromatic N) is 2. The van der Waals surface area contributed by atoms with Crippen molar-refractivity contribution in [2.75, 3.05) is 4.90 Å². The van der Waals surface area contributed by atoms with Crippen LogP contribution in [0.1, 0.15) is 25.0 Å². The summed E-state index contributed by atoms with van der Waals surface area (Å²) in [5.74, 6) is 0. The van der Waals surface area contributed by atoms with Gasteiger partial charge in [0.15, 0.2) is 0 Å². The van der Waals surface area contributed by atoms with Crippen LogP contribution in [0.4, 0.5) is 17.1 Å². The molecule has 0 aliphatic heterocycles. The van der Waals surface area contributed by atoms with E-state index in [4.69, 9.17) is 0 Å². The summed E-state index contributed by atoms with van der Waals surface area (Å²) in [5, 5.41) is 3.66. The van der Waals surface area contributed by atoms with Crippen LogP contribution in [0.3, 0.4) is 0 Å². The average Bonchev–Trinajstić information content (AvgIpc) is 4.21. The fraction of sp³-hybridized carbons (Fsp3) is 0.0400. The third-order valence-electron chi connectivity index (χ3n) is 16.0. The van der Waals surface area contributed by atoms with E-state index in [9.17, 15) is 0 Å². The molecule has 0 unspecified atom stereocenters. The van der Waals surface area contributed by atoms with E-state index in [2.05, 4.69) is 315 Å². The zero-order valence-electron chi connectivity index (χ0n) is 43.1. The fourth-order valence-electron chi connectivity index (χ4n) is 12.2. The van der Waals surface area contributed by atoms with Gasteiger partial charge in [-0.25, -0.2) is 0 Å². The largest absolute Gasteiger partial charge is 0.310 e. The molecule has 0 saturated carbocycles. The monoisotopic (exact) mass is 982 g/mol. The van der Waals surface area contributed by atoms with Crippen molar-refractivity contribution in [1.29, 1.82) is 0 Å². The first kappa shape index (κ1) is 45.8. The average molecular weight is 983 g/mol. The Morgan fingerprint density at radius 3 is 1.19 bits per heavy atom. The van der Waals surface area contributed by atoms with Gasteiger partial charge in [-0.2, -0.15) is 0 Å². The summed E-state index contributed by atoms with van der Waals surface area (Å²) in [4.78, 5) is 2.41. The van der Waals surface area contributed by atoms with E-state index in [1.807, 2.05) is 0 Å². The minimum Gasteiger partial charge on any atom is -0.310 e. The molecular weight excluding hydrogens is 929 g/mol. The smallest absolute Gasteiger partial charge is 0.0620 e. The molecule has 0 bridgehead atoms. The normalized spacial score (nSPS) is 12.4. The fourth-order valence-corrected chi connectivity index (χ4v) is 12.2. The number of anilines is 3. The van der Waals surface area contributed by atoms with E-state index in [-0.39, 0.29) is 5.41 Å². The number of rotatable bonds is 10. The van der Waals surface area contributed by atoms with Gasteiger partial charge in [0.05, 0.1) is 11.2 Å². The molecule has 0 atom stereocenters. The van der Waals surface area contributed by atoms with E-state index < -0.39 is 0 Å². The topological polar surface area (TPSA) is 8.17 Å². The molecule has 14 rings (SSSR count). The van der Waals surface area contributed by atoms with Crippen LogP contribution >= 0.6 is 0 Å². The number of aromatic nitrogens is 1. The van der Waals surface area contributed by atoms with E-state index in [1.54, 1.807) is 0 Å². The van der Waals surface area contributed by atoms with Gasteiger partial charge in [0.2, 0.25) is 0 Å². The van der Waals surface area contributed by atoms with Gasteiger partial charge in [0.1, 0.15) is 0 Å². The number of fused-ring (bicyclic) bond motifs is 6. The lowest BCUT2D eigenvalue weighted by Gasteiger charge is -2.28. The van der Waals surface area contributed by atoms with E-state index in [1.165, 1.54) is 111 Å². The van der Waals surface area contributed by atoms with Crippen molar-refractivity contribution >= 4 is 38.7 Å².